The molecule has 22 heavy (non-hydrogen) atoms. The van der Waals surface area contributed by atoms with Gasteiger partial charge in [-0.2, -0.15) is 4.72 Å². The molecule has 2 aromatic heterocycles. The predicted octanol–water partition coefficient (Wildman–Crippen LogP) is 1.41. The van der Waals surface area contributed by atoms with Crippen molar-refractivity contribution in [2.24, 2.45) is 0 Å². The van der Waals surface area contributed by atoms with E-state index in [0.29, 0.717) is 11.5 Å². The first-order valence-electron chi connectivity index (χ1n) is 6.09. The van der Waals surface area contributed by atoms with Crippen molar-refractivity contribution in [3.8, 4) is 0 Å². The maximum atomic E-state index is 12.4. The Hall–Kier alpha value is -1.75. The SMILES string of the molecule is COCC(NS(=O)(=O)c1scnc1C(=O)O)c1ccc(C)o1. The van der Waals surface area contributed by atoms with Crippen LogP contribution in [0.1, 0.15) is 28.1 Å². The highest BCUT2D eigenvalue weighted by molar-refractivity contribution is 7.91. The van der Waals surface area contributed by atoms with Crippen molar-refractivity contribution < 1.29 is 27.5 Å². The van der Waals surface area contributed by atoms with Gasteiger partial charge in [0.15, 0.2) is 9.90 Å². The molecular weight excluding hydrogens is 332 g/mol. The van der Waals surface area contributed by atoms with Crippen LogP contribution in [-0.4, -0.2) is 38.2 Å². The number of hydrogen-bond acceptors (Lipinski definition) is 7. The first-order valence-corrected chi connectivity index (χ1v) is 8.46. The normalized spacial score (nSPS) is 13.2. The molecular formula is C12H14N2O6S2. The Morgan fingerprint density at radius 2 is 2.27 bits per heavy atom. The Kier molecular flexibility index (Phi) is 4.96. The highest BCUT2D eigenvalue weighted by Crippen LogP contribution is 2.24. The highest BCUT2D eigenvalue weighted by Gasteiger charge is 2.29. The van der Waals surface area contributed by atoms with Crippen molar-refractivity contribution in [2.75, 3.05) is 13.7 Å². The number of carbonyl (C=O) groups is 1. The lowest BCUT2D eigenvalue weighted by molar-refractivity contribution is 0.0687. The summed E-state index contributed by atoms with van der Waals surface area (Å²) in [4.78, 5) is 14.6. The van der Waals surface area contributed by atoms with Crippen molar-refractivity contribution in [1.82, 2.24) is 9.71 Å². The molecule has 0 saturated carbocycles. The van der Waals surface area contributed by atoms with Crippen LogP contribution in [0.3, 0.4) is 0 Å². The number of hydrogen-bond donors (Lipinski definition) is 2. The van der Waals surface area contributed by atoms with E-state index in [2.05, 4.69) is 9.71 Å². The van der Waals surface area contributed by atoms with Gasteiger partial charge in [-0.1, -0.05) is 0 Å². The van der Waals surface area contributed by atoms with Crippen molar-refractivity contribution in [2.45, 2.75) is 17.2 Å². The Balaban J connectivity index is 2.32. The van der Waals surface area contributed by atoms with Crippen LogP contribution < -0.4 is 4.72 Å². The number of nitrogens with one attached hydrogen (secondary N) is 1. The Morgan fingerprint density at radius 3 is 2.82 bits per heavy atom. The van der Waals surface area contributed by atoms with Gasteiger partial charge in [0.05, 0.1) is 12.1 Å². The summed E-state index contributed by atoms with van der Waals surface area (Å²) in [5.74, 6) is -0.401. The number of aromatic carboxylic acids is 1. The molecule has 0 spiro atoms. The molecule has 0 aromatic carbocycles. The lowest BCUT2D eigenvalue weighted by Gasteiger charge is -2.15. The van der Waals surface area contributed by atoms with E-state index in [4.69, 9.17) is 14.3 Å². The Bertz CT molecular complexity index is 764. The largest absolute Gasteiger partial charge is 0.476 e. The third kappa shape index (κ3) is 3.53. The zero-order chi connectivity index (χ0) is 16.3. The minimum absolute atomic E-state index is 0.0351. The third-order valence-electron chi connectivity index (χ3n) is 2.72. The summed E-state index contributed by atoms with van der Waals surface area (Å²) in [5.41, 5.74) is 0.657. The van der Waals surface area contributed by atoms with Crippen molar-refractivity contribution >= 4 is 27.3 Å². The second-order valence-electron chi connectivity index (χ2n) is 4.37. The summed E-state index contributed by atoms with van der Waals surface area (Å²) >= 11 is 0.731. The van der Waals surface area contributed by atoms with Gasteiger partial charge in [0.1, 0.15) is 17.6 Å². The number of nitrogens with zero attached hydrogens (tertiary/aromatic N) is 1. The monoisotopic (exact) mass is 346 g/mol. The van der Waals surface area contributed by atoms with Crippen molar-refractivity contribution in [1.29, 1.82) is 0 Å². The molecule has 2 heterocycles. The molecule has 8 nitrogen and oxygen atoms in total. The molecule has 0 aliphatic heterocycles. The summed E-state index contributed by atoms with van der Waals surface area (Å²) in [7, 11) is -2.64. The molecule has 1 unspecified atom stereocenters. The van der Waals surface area contributed by atoms with Crippen molar-refractivity contribution in [3.05, 3.63) is 34.9 Å². The summed E-state index contributed by atoms with van der Waals surface area (Å²) in [5, 5.41) is 8.98. The minimum Gasteiger partial charge on any atom is -0.476 e. The fraction of sp³-hybridized carbons (Fsp3) is 0.333. The topological polar surface area (TPSA) is 119 Å². The van der Waals surface area contributed by atoms with Crippen LogP contribution in [0.2, 0.25) is 0 Å². The zero-order valence-electron chi connectivity index (χ0n) is 11.8. The van der Waals surface area contributed by atoms with Gasteiger partial charge in [0, 0.05) is 7.11 Å². The molecule has 0 saturated heterocycles. The van der Waals surface area contributed by atoms with Crippen LogP contribution >= 0.6 is 11.3 Å². The zero-order valence-corrected chi connectivity index (χ0v) is 13.4. The number of thiazole rings is 1. The van der Waals surface area contributed by atoms with E-state index in [0.717, 1.165) is 11.3 Å². The van der Waals surface area contributed by atoms with Crippen LogP contribution in [0.5, 0.6) is 0 Å². The van der Waals surface area contributed by atoms with Gasteiger partial charge in [0.2, 0.25) is 0 Å². The number of furan rings is 1. The van der Waals surface area contributed by atoms with Gasteiger partial charge < -0.3 is 14.3 Å². The predicted molar refractivity (Wildman–Crippen MR) is 77.5 cm³/mol. The summed E-state index contributed by atoms with van der Waals surface area (Å²) in [6, 6.07) is 2.56. The molecule has 2 aromatic rings. The molecule has 2 N–H and O–H groups in total. The number of sulfonamides is 1. The smallest absolute Gasteiger partial charge is 0.356 e. The van der Waals surface area contributed by atoms with E-state index in [-0.39, 0.29) is 10.8 Å². The van der Waals surface area contributed by atoms with E-state index in [9.17, 15) is 13.2 Å². The van der Waals surface area contributed by atoms with Crippen LogP contribution in [0.25, 0.3) is 0 Å². The number of rotatable bonds is 7. The standard InChI is InChI=1S/C12H14N2O6S2/c1-7-3-4-9(20-7)8(5-19-2)14-22(17,18)12-10(11(15)16)13-6-21-12/h3-4,6,8,14H,5H2,1-2H3,(H,15,16). The molecule has 1 atom stereocenters. The number of methoxy groups -OCH3 is 1. The second kappa shape index (κ2) is 6.57. The molecule has 0 aliphatic rings. The average molecular weight is 346 g/mol. The fourth-order valence-corrected chi connectivity index (χ4v) is 4.14. The molecule has 0 fully saturated rings. The first kappa shape index (κ1) is 16.6. The third-order valence-corrected chi connectivity index (χ3v) is 5.56. The second-order valence-corrected chi connectivity index (χ2v) is 7.14. The number of ether oxygens (including phenoxy) is 1. The van der Waals surface area contributed by atoms with Gasteiger partial charge in [-0.15, -0.1) is 11.3 Å². The molecule has 0 bridgehead atoms. The van der Waals surface area contributed by atoms with Gasteiger partial charge in [-0.05, 0) is 19.1 Å². The van der Waals surface area contributed by atoms with Gasteiger partial charge in [-0.3, -0.25) is 0 Å². The summed E-state index contributed by atoms with van der Waals surface area (Å²) < 4.78 is 37.2. The Morgan fingerprint density at radius 1 is 1.55 bits per heavy atom. The summed E-state index contributed by atoms with van der Waals surface area (Å²) in [6.07, 6.45) is 0. The van der Waals surface area contributed by atoms with Crippen LogP contribution in [0, 0.1) is 6.92 Å². The quantitative estimate of drug-likeness (QED) is 0.778. The molecule has 10 heteroatoms. The molecule has 0 amide bonds. The van der Waals surface area contributed by atoms with Gasteiger partial charge in [-0.25, -0.2) is 18.2 Å². The van der Waals surface area contributed by atoms with E-state index >= 15 is 0 Å². The number of carboxylic acids is 1. The molecule has 0 radical (unpaired) electrons. The minimum atomic E-state index is -4.07. The van der Waals surface area contributed by atoms with Gasteiger partial charge >= 0.3 is 5.97 Å². The fourth-order valence-electron chi connectivity index (χ4n) is 1.79. The maximum Gasteiger partial charge on any atom is 0.356 e. The molecule has 0 aliphatic carbocycles. The van der Waals surface area contributed by atoms with E-state index in [1.807, 2.05) is 0 Å². The average Bonchev–Trinajstić information content (AvgIpc) is 3.06. The number of aryl methyl sites for hydroxylation is 1. The summed E-state index contributed by atoms with van der Waals surface area (Å²) in [6.45, 7) is 1.76. The van der Waals surface area contributed by atoms with Gasteiger partial charge in [0.25, 0.3) is 10.0 Å². The highest BCUT2D eigenvalue weighted by atomic mass is 32.2. The van der Waals surface area contributed by atoms with Crippen LogP contribution in [0.15, 0.2) is 26.3 Å². The van der Waals surface area contributed by atoms with E-state index < -0.39 is 27.7 Å². The van der Waals surface area contributed by atoms with E-state index in [1.165, 1.54) is 12.6 Å². The Labute approximate surface area is 130 Å². The maximum absolute atomic E-state index is 12.4. The number of aromatic nitrogens is 1. The number of carboxylic acid groups (broad SMARTS) is 1. The van der Waals surface area contributed by atoms with E-state index in [1.54, 1.807) is 19.1 Å². The molecule has 2 rings (SSSR count). The first-order chi connectivity index (χ1) is 10.3. The lowest BCUT2D eigenvalue weighted by atomic mass is 10.2. The van der Waals surface area contributed by atoms with Crippen LogP contribution in [0.4, 0.5) is 0 Å². The lowest BCUT2D eigenvalue weighted by Crippen LogP contribution is -2.31. The van der Waals surface area contributed by atoms with Crippen LogP contribution in [-0.2, 0) is 14.8 Å². The molecule has 120 valence electrons. The van der Waals surface area contributed by atoms with Crippen molar-refractivity contribution in [3.63, 3.8) is 0 Å².